The lowest BCUT2D eigenvalue weighted by molar-refractivity contribution is 0.0344. The van der Waals surface area contributed by atoms with Crippen LogP contribution in [0.1, 0.15) is 37.7 Å². The summed E-state index contributed by atoms with van der Waals surface area (Å²) in [5.74, 6) is 0.307. The van der Waals surface area contributed by atoms with Gasteiger partial charge in [0.1, 0.15) is 6.10 Å². The Morgan fingerprint density at radius 2 is 2.20 bits per heavy atom. The maximum atomic E-state index is 12.4. The molecule has 2 aliphatic rings. The highest BCUT2D eigenvalue weighted by atomic mass is 32.2. The number of fused-ring (bicyclic) bond motifs is 1. The lowest BCUT2D eigenvalue weighted by atomic mass is 9.94. The zero-order chi connectivity index (χ0) is 18.6. The molecule has 0 saturated carbocycles. The van der Waals surface area contributed by atoms with Crippen LogP contribution >= 0.6 is 0 Å². The van der Waals surface area contributed by atoms with E-state index in [4.69, 9.17) is 14.0 Å². The first kappa shape index (κ1) is 19.7. The van der Waals surface area contributed by atoms with Crippen molar-refractivity contribution in [3.63, 3.8) is 0 Å². The van der Waals surface area contributed by atoms with Crippen molar-refractivity contribution in [2.75, 3.05) is 26.0 Å². The number of nitrogens with zero attached hydrogens (tertiary/aromatic N) is 2. The molecule has 2 atom stereocenters. The van der Waals surface area contributed by atoms with E-state index in [1.807, 2.05) is 4.90 Å². The third-order valence-corrected chi connectivity index (χ3v) is 3.99. The first-order valence-corrected chi connectivity index (χ1v) is 10.0. The molecular formula is C15H25N3O6S. The van der Waals surface area contributed by atoms with Crippen molar-refractivity contribution in [3.8, 4) is 0 Å². The van der Waals surface area contributed by atoms with Crippen molar-refractivity contribution in [2.45, 2.75) is 38.8 Å². The van der Waals surface area contributed by atoms with Gasteiger partial charge in [0, 0.05) is 19.4 Å². The standard InChI is InChI=1S/C14H21N3O3.CH4O3S/c1-9(2)13-12-11(15-8-16-12)3-5-17(13)14(18)20-10-4-6-19-7-10;1-5(2,3)4/h8-10,13H,3-7H2,1-2H3,(H,15,16);1H3,(H,2,3,4)/t10-,13-;/m0./s1. The molecule has 1 amide bonds. The van der Waals surface area contributed by atoms with Crippen LogP contribution in [-0.2, 0) is 26.0 Å². The third-order valence-electron chi connectivity index (χ3n) is 3.99. The molecule has 3 heterocycles. The number of imidazole rings is 1. The number of ether oxygens (including phenoxy) is 2. The number of carbonyl (C=O) groups excluding carboxylic acids is 1. The fourth-order valence-corrected chi connectivity index (χ4v) is 3.02. The summed E-state index contributed by atoms with van der Waals surface area (Å²) in [6.07, 6.45) is 3.66. The lowest BCUT2D eigenvalue weighted by Crippen LogP contribution is -2.43. The smallest absolute Gasteiger partial charge is 0.410 e. The van der Waals surface area contributed by atoms with Gasteiger partial charge in [-0.05, 0) is 5.92 Å². The van der Waals surface area contributed by atoms with Crippen molar-refractivity contribution in [3.05, 3.63) is 17.7 Å². The summed E-state index contributed by atoms with van der Waals surface area (Å²) in [4.78, 5) is 21.8. The fraction of sp³-hybridized carbons (Fsp3) is 0.733. The Hall–Kier alpha value is -1.65. The third kappa shape index (κ3) is 5.68. The van der Waals surface area contributed by atoms with Gasteiger partial charge in [-0.3, -0.25) is 9.45 Å². The molecule has 0 aliphatic carbocycles. The average Bonchev–Trinajstić information content (AvgIpc) is 3.14. The van der Waals surface area contributed by atoms with Gasteiger partial charge in [0.25, 0.3) is 10.1 Å². The molecular weight excluding hydrogens is 350 g/mol. The number of carbonyl (C=O) groups is 1. The molecule has 0 aromatic carbocycles. The molecule has 2 N–H and O–H groups in total. The molecule has 1 saturated heterocycles. The van der Waals surface area contributed by atoms with Gasteiger partial charge in [-0.2, -0.15) is 8.42 Å². The molecule has 25 heavy (non-hydrogen) atoms. The van der Waals surface area contributed by atoms with Crippen LogP contribution in [0, 0.1) is 5.92 Å². The molecule has 0 unspecified atom stereocenters. The van der Waals surface area contributed by atoms with Gasteiger partial charge < -0.3 is 14.5 Å². The molecule has 3 rings (SSSR count). The largest absolute Gasteiger partial charge is 0.444 e. The van der Waals surface area contributed by atoms with Gasteiger partial charge in [-0.15, -0.1) is 0 Å². The minimum Gasteiger partial charge on any atom is -0.444 e. The number of amides is 1. The quantitative estimate of drug-likeness (QED) is 0.749. The van der Waals surface area contributed by atoms with Gasteiger partial charge in [0.2, 0.25) is 0 Å². The van der Waals surface area contributed by atoms with E-state index in [0.29, 0.717) is 31.9 Å². The van der Waals surface area contributed by atoms with Crippen molar-refractivity contribution in [1.29, 1.82) is 0 Å². The summed E-state index contributed by atoms with van der Waals surface area (Å²) < 4.78 is 36.7. The molecule has 1 aromatic heterocycles. The second-order valence-corrected chi connectivity index (χ2v) is 7.96. The van der Waals surface area contributed by atoms with E-state index in [2.05, 4.69) is 23.8 Å². The lowest BCUT2D eigenvalue weighted by Gasteiger charge is -2.37. The topological polar surface area (TPSA) is 122 Å². The van der Waals surface area contributed by atoms with Gasteiger partial charge >= 0.3 is 6.09 Å². The summed E-state index contributed by atoms with van der Waals surface area (Å²) in [5.41, 5.74) is 2.11. The highest BCUT2D eigenvalue weighted by molar-refractivity contribution is 7.85. The van der Waals surface area contributed by atoms with E-state index in [9.17, 15) is 13.2 Å². The number of rotatable bonds is 2. The van der Waals surface area contributed by atoms with Crippen LogP contribution in [0.2, 0.25) is 0 Å². The SMILES string of the molecule is CC(C)[C@H]1c2[nH]cnc2CCN1C(=O)O[C@H]1CCOC1.CS(=O)(=O)O. The highest BCUT2D eigenvalue weighted by Gasteiger charge is 2.36. The number of aromatic amines is 1. The van der Waals surface area contributed by atoms with E-state index in [0.717, 1.165) is 24.2 Å². The Balaban J connectivity index is 0.000000399. The van der Waals surface area contributed by atoms with E-state index in [1.165, 1.54) is 0 Å². The second kappa shape index (κ2) is 8.15. The Bertz CT molecular complexity index is 673. The summed E-state index contributed by atoms with van der Waals surface area (Å²) in [6, 6.07) is 0.0103. The number of hydrogen-bond acceptors (Lipinski definition) is 6. The Kier molecular flexibility index (Phi) is 6.42. The van der Waals surface area contributed by atoms with Crippen LogP contribution in [0.5, 0.6) is 0 Å². The summed E-state index contributed by atoms with van der Waals surface area (Å²) in [6.45, 7) is 6.07. The fourth-order valence-electron chi connectivity index (χ4n) is 3.02. The summed E-state index contributed by atoms with van der Waals surface area (Å²) >= 11 is 0. The van der Waals surface area contributed by atoms with E-state index >= 15 is 0 Å². The van der Waals surface area contributed by atoms with Crippen LogP contribution in [0.4, 0.5) is 4.79 Å². The van der Waals surface area contributed by atoms with Gasteiger partial charge in [-0.1, -0.05) is 13.8 Å². The maximum absolute atomic E-state index is 12.4. The second-order valence-electron chi connectivity index (χ2n) is 6.50. The van der Waals surface area contributed by atoms with Crippen LogP contribution in [-0.4, -0.2) is 66.0 Å². The number of nitrogens with one attached hydrogen (secondary N) is 1. The molecule has 0 bridgehead atoms. The minimum absolute atomic E-state index is 0.0103. The zero-order valence-electron chi connectivity index (χ0n) is 14.6. The minimum atomic E-state index is -3.67. The van der Waals surface area contributed by atoms with Gasteiger partial charge in [0.05, 0.1) is 43.2 Å². The summed E-state index contributed by atoms with van der Waals surface area (Å²) in [5, 5.41) is 0. The average molecular weight is 375 g/mol. The molecule has 0 spiro atoms. The Labute approximate surface area is 147 Å². The van der Waals surface area contributed by atoms with Crippen molar-refractivity contribution in [2.24, 2.45) is 5.92 Å². The molecule has 9 nitrogen and oxygen atoms in total. The van der Waals surface area contributed by atoms with Gasteiger partial charge in [-0.25, -0.2) is 9.78 Å². The molecule has 0 radical (unpaired) electrons. The Morgan fingerprint density at radius 3 is 2.76 bits per heavy atom. The molecule has 1 fully saturated rings. The van der Waals surface area contributed by atoms with Crippen LogP contribution in [0.3, 0.4) is 0 Å². The van der Waals surface area contributed by atoms with Crippen molar-refractivity contribution < 1.29 is 27.2 Å². The maximum Gasteiger partial charge on any atom is 0.410 e. The van der Waals surface area contributed by atoms with Crippen molar-refractivity contribution >= 4 is 16.2 Å². The Morgan fingerprint density at radius 1 is 1.52 bits per heavy atom. The monoisotopic (exact) mass is 375 g/mol. The molecule has 2 aliphatic heterocycles. The van der Waals surface area contributed by atoms with Gasteiger partial charge in [0.15, 0.2) is 0 Å². The zero-order valence-corrected chi connectivity index (χ0v) is 15.5. The normalized spacial score (nSPS) is 23.0. The number of hydrogen-bond donors (Lipinski definition) is 2. The molecule has 10 heteroatoms. The first-order chi connectivity index (χ1) is 11.7. The van der Waals surface area contributed by atoms with E-state index in [-0.39, 0.29) is 18.2 Å². The molecule has 142 valence electrons. The van der Waals surface area contributed by atoms with E-state index in [1.54, 1.807) is 6.33 Å². The van der Waals surface area contributed by atoms with Crippen molar-refractivity contribution in [1.82, 2.24) is 14.9 Å². The van der Waals surface area contributed by atoms with Crippen LogP contribution in [0.15, 0.2) is 6.33 Å². The van der Waals surface area contributed by atoms with E-state index < -0.39 is 10.1 Å². The van der Waals surface area contributed by atoms with Crippen LogP contribution < -0.4 is 0 Å². The predicted octanol–water partition coefficient (Wildman–Crippen LogP) is 1.39. The summed E-state index contributed by atoms with van der Waals surface area (Å²) in [7, 11) is -3.67. The molecule has 1 aromatic rings. The number of H-pyrrole nitrogens is 1. The predicted molar refractivity (Wildman–Crippen MR) is 89.8 cm³/mol. The first-order valence-electron chi connectivity index (χ1n) is 8.16. The number of aromatic nitrogens is 2. The van der Waals surface area contributed by atoms with Crippen LogP contribution in [0.25, 0.3) is 0 Å². The highest BCUT2D eigenvalue weighted by Crippen LogP contribution is 2.33.